The Morgan fingerprint density at radius 3 is 2.77 bits per heavy atom. The fourth-order valence-corrected chi connectivity index (χ4v) is 4.03. The highest BCUT2D eigenvalue weighted by atomic mass is 35.5. The van der Waals surface area contributed by atoms with Crippen molar-refractivity contribution >= 4 is 23.0 Å². The van der Waals surface area contributed by atoms with Gasteiger partial charge < -0.3 is 10.2 Å². The molecule has 114 valence electrons. The number of benzene rings is 2. The van der Waals surface area contributed by atoms with Gasteiger partial charge in [0.15, 0.2) is 0 Å². The molecule has 0 aromatic heterocycles. The normalized spacial score (nSPS) is 24.0. The summed E-state index contributed by atoms with van der Waals surface area (Å²) in [6, 6.07) is 17.6. The zero-order chi connectivity index (χ0) is 14.9. The van der Waals surface area contributed by atoms with Crippen LogP contribution in [0.2, 0.25) is 5.02 Å². The number of anilines is 2. The molecule has 2 aromatic carbocycles. The first-order valence-electron chi connectivity index (χ1n) is 8.14. The molecule has 0 spiro atoms. The van der Waals surface area contributed by atoms with Crippen molar-refractivity contribution in [3.8, 4) is 0 Å². The minimum atomic E-state index is 0.586. The Bertz CT molecular complexity index is 656. The first-order valence-corrected chi connectivity index (χ1v) is 8.52. The van der Waals surface area contributed by atoms with Gasteiger partial charge in [-0.2, -0.15) is 0 Å². The first kappa shape index (κ1) is 14.0. The van der Waals surface area contributed by atoms with Gasteiger partial charge in [0, 0.05) is 35.5 Å². The van der Waals surface area contributed by atoms with Gasteiger partial charge in [0.25, 0.3) is 0 Å². The predicted molar refractivity (Wildman–Crippen MR) is 93.9 cm³/mol. The Morgan fingerprint density at radius 2 is 1.91 bits per heavy atom. The molecular formula is C19H21ClN2. The number of hydrogen-bond acceptors (Lipinski definition) is 2. The van der Waals surface area contributed by atoms with Crippen LogP contribution in [-0.4, -0.2) is 19.1 Å². The number of rotatable bonds is 2. The standard InChI is InChI=1S/C19H21ClN2/c20-16-7-9-18-14(12-16)6-8-19(21-18)15-10-11-22(13-15)17-4-2-1-3-5-17/h1-5,7,9,12,15,19,21H,6,8,10-11,13H2/t15?,19-/m0/s1. The first-order chi connectivity index (χ1) is 10.8. The quantitative estimate of drug-likeness (QED) is 0.872. The van der Waals surface area contributed by atoms with Crippen LogP contribution in [0, 0.1) is 5.92 Å². The van der Waals surface area contributed by atoms with E-state index in [2.05, 4.69) is 52.7 Å². The van der Waals surface area contributed by atoms with E-state index >= 15 is 0 Å². The smallest absolute Gasteiger partial charge is 0.0410 e. The van der Waals surface area contributed by atoms with E-state index in [-0.39, 0.29) is 0 Å². The molecule has 1 fully saturated rings. The fraction of sp³-hybridized carbons (Fsp3) is 0.368. The van der Waals surface area contributed by atoms with Crippen molar-refractivity contribution in [3.63, 3.8) is 0 Å². The topological polar surface area (TPSA) is 15.3 Å². The van der Waals surface area contributed by atoms with Crippen LogP contribution in [0.15, 0.2) is 48.5 Å². The second-order valence-corrected chi connectivity index (χ2v) is 6.86. The minimum Gasteiger partial charge on any atom is -0.382 e. The highest BCUT2D eigenvalue weighted by Gasteiger charge is 2.31. The zero-order valence-electron chi connectivity index (χ0n) is 12.6. The van der Waals surface area contributed by atoms with Crippen LogP contribution in [0.4, 0.5) is 11.4 Å². The van der Waals surface area contributed by atoms with Gasteiger partial charge in [-0.25, -0.2) is 0 Å². The van der Waals surface area contributed by atoms with Crippen LogP contribution < -0.4 is 10.2 Å². The van der Waals surface area contributed by atoms with Gasteiger partial charge in [-0.15, -0.1) is 0 Å². The van der Waals surface area contributed by atoms with E-state index in [0.717, 1.165) is 23.9 Å². The summed E-state index contributed by atoms with van der Waals surface area (Å²) in [5, 5.41) is 4.60. The molecule has 2 atom stereocenters. The van der Waals surface area contributed by atoms with Gasteiger partial charge in [-0.05, 0) is 61.1 Å². The maximum atomic E-state index is 6.09. The number of halogens is 1. The highest BCUT2D eigenvalue weighted by Crippen LogP contribution is 2.34. The van der Waals surface area contributed by atoms with Crippen LogP contribution in [0.1, 0.15) is 18.4 Å². The predicted octanol–water partition coefficient (Wildman–Crippen LogP) is 4.59. The highest BCUT2D eigenvalue weighted by molar-refractivity contribution is 6.30. The molecule has 0 radical (unpaired) electrons. The maximum absolute atomic E-state index is 6.09. The van der Waals surface area contributed by atoms with Crippen molar-refractivity contribution in [3.05, 3.63) is 59.1 Å². The molecule has 2 aliphatic heterocycles. The van der Waals surface area contributed by atoms with Crippen molar-refractivity contribution in [1.29, 1.82) is 0 Å². The average Bonchev–Trinajstić information content (AvgIpc) is 3.05. The summed E-state index contributed by atoms with van der Waals surface area (Å²) < 4.78 is 0. The van der Waals surface area contributed by atoms with Crippen molar-refractivity contribution in [1.82, 2.24) is 0 Å². The molecule has 2 nitrogen and oxygen atoms in total. The second-order valence-electron chi connectivity index (χ2n) is 6.42. The number of nitrogens with zero attached hydrogens (tertiary/aromatic N) is 1. The van der Waals surface area contributed by atoms with Gasteiger partial charge in [0.1, 0.15) is 0 Å². The number of hydrogen-bond donors (Lipinski definition) is 1. The lowest BCUT2D eigenvalue weighted by molar-refractivity contribution is 0.451. The van der Waals surface area contributed by atoms with Crippen molar-refractivity contribution < 1.29 is 0 Å². The number of para-hydroxylation sites is 1. The Balaban J connectivity index is 1.45. The summed E-state index contributed by atoms with van der Waals surface area (Å²) in [7, 11) is 0. The van der Waals surface area contributed by atoms with Crippen LogP contribution in [-0.2, 0) is 6.42 Å². The van der Waals surface area contributed by atoms with Crippen LogP contribution in [0.5, 0.6) is 0 Å². The Morgan fingerprint density at radius 1 is 1.05 bits per heavy atom. The van der Waals surface area contributed by atoms with E-state index in [1.54, 1.807) is 0 Å². The molecule has 0 bridgehead atoms. The van der Waals surface area contributed by atoms with Gasteiger partial charge >= 0.3 is 0 Å². The Labute approximate surface area is 137 Å². The number of nitrogens with one attached hydrogen (secondary N) is 1. The molecule has 1 N–H and O–H groups in total. The molecule has 0 aliphatic carbocycles. The second kappa shape index (κ2) is 5.85. The summed E-state index contributed by atoms with van der Waals surface area (Å²) in [4.78, 5) is 2.52. The van der Waals surface area contributed by atoms with Crippen molar-refractivity contribution in [2.45, 2.75) is 25.3 Å². The Hall–Kier alpha value is -1.67. The van der Waals surface area contributed by atoms with Gasteiger partial charge in [0.05, 0.1) is 0 Å². The van der Waals surface area contributed by atoms with Gasteiger partial charge in [-0.3, -0.25) is 0 Å². The van der Waals surface area contributed by atoms with E-state index in [0.29, 0.717) is 6.04 Å². The molecule has 2 aromatic rings. The molecule has 1 saturated heterocycles. The third kappa shape index (κ3) is 2.68. The molecule has 3 heteroatoms. The molecule has 0 saturated carbocycles. The largest absolute Gasteiger partial charge is 0.382 e. The SMILES string of the molecule is Clc1ccc2c(c1)CC[C@@H](C1CCN(c3ccccc3)C1)N2. The van der Waals surface area contributed by atoms with E-state index in [9.17, 15) is 0 Å². The van der Waals surface area contributed by atoms with Crippen molar-refractivity contribution in [2.75, 3.05) is 23.3 Å². The van der Waals surface area contributed by atoms with E-state index in [1.807, 2.05) is 6.07 Å². The summed E-state index contributed by atoms with van der Waals surface area (Å²) >= 11 is 6.09. The lowest BCUT2D eigenvalue weighted by Crippen LogP contribution is -2.35. The third-order valence-electron chi connectivity index (χ3n) is 5.05. The summed E-state index contributed by atoms with van der Waals surface area (Å²) in [6.07, 6.45) is 3.62. The summed E-state index contributed by atoms with van der Waals surface area (Å²) in [5.41, 5.74) is 3.99. The van der Waals surface area contributed by atoms with Crippen LogP contribution in [0.25, 0.3) is 0 Å². The van der Waals surface area contributed by atoms with Crippen LogP contribution in [0.3, 0.4) is 0 Å². The maximum Gasteiger partial charge on any atom is 0.0410 e. The van der Waals surface area contributed by atoms with E-state index in [4.69, 9.17) is 11.6 Å². The van der Waals surface area contributed by atoms with E-state index < -0.39 is 0 Å². The molecule has 1 unspecified atom stereocenters. The third-order valence-corrected chi connectivity index (χ3v) is 5.28. The average molecular weight is 313 g/mol. The summed E-state index contributed by atoms with van der Waals surface area (Å²) in [5.74, 6) is 0.726. The monoisotopic (exact) mass is 312 g/mol. The molecule has 2 heterocycles. The minimum absolute atomic E-state index is 0.586. The number of aryl methyl sites for hydroxylation is 1. The molecule has 2 aliphatic rings. The lowest BCUT2D eigenvalue weighted by atomic mass is 9.89. The molecule has 22 heavy (non-hydrogen) atoms. The molecule has 4 rings (SSSR count). The van der Waals surface area contributed by atoms with E-state index in [1.165, 1.54) is 36.3 Å². The summed E-state index contributed by atoms with van der Waals surface area (Å²) in [6.45, 7) is 2.32. The fourth-order valence-electron chi connectivity index (χ4n) is 3.84. The molecule has 0 amide bonds. The Kier molecular flexibility index (Phi) is 3.71. The zero-order valence-corrected chi connectivity index (χ0v) is 13.4. The van der Waals surface area contributed by atoms with Gasteiger partial charge in [0.2, 0.25) is 0 Å². The molecular weight excluding hydrogens is 292 g/mol. The number of fused-ring (bicyclic) bond motifs is 1. The lowest BCUT2D eigenvalue weighted by Gasteiger charge is -2.31. The van der Waals surface area contributed by atoms with Crippen molar-refractivity contribution in [2.24, 2.45) is 5.92 Å². The van der Waals surface area contributed by atoms with Crippen LogP contribution >= 0.6 is 11.6 Å². The van der Waals surface area contributed by atoms with Gasteiger partial charge in [-0.1, -0.05) is 29.8 Å².